The fraction of sp³-hybridized carbons (Fsp3) is 0.316. The van der Waals surface area contributed by atoms with E-state index in [0.717, 1.165) is 46.2 Å². The van der Waals surface area contributed by atoms with Crippen LogP contribution in [0.1, 0.15) is 39.2 Å². The van der Waals surface area contributed by atoms with E-state index in [4.69, 9.17) is 22.7 Å². The van der Waals surface area contributed by atoms with Gasteiger partial charge in [0, 0.05) is 9.35 Å². The number of hydrogen-bond donors (Lipinski definition) is 3. The number of thiocarbonyl (C=S) groups is 1. The smallest absolute Gasteiger partial charge is 0.264 e. The van der Waals surface area contributed by atoms with Crippen molar-refractivity contribution in [2.24, 2.45) is 5.73 Å². The zero-order valence-electron chi connectivity index (χ0n) is 15.3. The molecule has 0 saturated heterocycles. The van der Waals surface area contributed by atoms with Gasteiger partial charge in [0.2, 0.25) is 0 Å². The quantitative estimate of drug-likeness (QED) is 0.566. The van der Waals surface area contributed by atoms with Crippen molar-refractivity contribution in [3.8, 4) is 5.75 Å². The van der Waals surface area contributed by atoms with Gasteiger partial charge in [-0.1, -0.05) is 15.9 Å². The van der Waals surface area contributed by atoms with Gasteiger partial charge in [0.1, 0.15) is 10.8 Å². The number of rotatable bonds is 5. The molecule has 0 aliphatic heterocycles. The Morgan fingerprint density at radius 3 is 2.79 bits per heavy atom. The van der Waals surface area contributed by atoms with Crippen molar-refractivity contribution < 1.29 is 14.3 Å². The maximum Gasteiger partial charge on any atom is 0.264 e. The maximum absolute atomic E-state index is 12.1. The van der Waals surface area contributed by atoms with E-state index in [-0.39, 0.29) is 17.6 Å². The number of hydrogen-bond acceptors (Lipinski definition) is 5. The van der Waals surface area contributed by atoms with Crippen LogP contribution in [0.15, 0.2) is 22.7 Å². The van der Waals surface area contributed by atoms with Crippen LogP contribution in [0.3, 0.4) is 0 Å². The number of anilines is 1. The summed E-state index contributed by atoms with van der Waals surface area (Å²) >= 11 is 10.1. The lowest BCUT2D eigenvalue weighted by Gasteiger charge is -2.12. The lowest BCUT2D eigenvalue weighted by Crippen LogP contribution is -2.37. The van der Waals surface area contributed by atoms with Crippen LogP contribution < -0.4 is 21.1 Å². The van der Waals surface area contributed by atoms with Crippen molar-refractivity contribution >= 4 is 61.4 Å². The normalized spacial score (nSPS) is 12.8. The molecule has 2 aromatic rings. The fourth-order valence-corrected chi connectivity index (χ4v) is 4.89. The molecule has 1 heterocycles. The molecule has 0 fully saturated rings. The highest BCUT2D eigenvalue weighted by molar-refractivity contribution is 9.10. The molecule has 1 aromatic carbocycles. The SMILES string of the molecule is Cc1cc(OCC(=O)NC(=S)Nc2sc3c(c2C(N)=O)CCCC3)ccc1Br. The third kappa shape index (κ3) is 4.89. The van der Waals surface area contributed by atoms with Gasteiger partial charge in [-0.15, -0.1) is 11.3 Å². The Labute approximate surface area is 181 Å². The van der Waals surface area contributed by atoms with Gasteiger partial charge in [-0.2, -0.15) is 0 Å². The maximum atomic E-state index is 12.1. The summed E-state index contributed by atoms with van der Waals surface area (Å²) in [6, 6.07) is 5.47. The molecule has 6 nitrogen and oxygen atoms in total. The summed E-state index contributed by atoms with van der Waals surface area (Å²) in [4.78, 5) is 25.2. The lowest BCUT2D eigenvalue weighted by atomic mass is 9.95. The van der Waals surface area contributed by atoms with E-state index in [9.17, 15) is 9.59 Å². The standard InChI is InChI=1S/C19H20BrN3O3S2/c1-10-8-11(6-7-13(10)20)26-9-15(24)22-19(27)23-18-16(17(21)25)12-4-2-3-5-14(12)28-18/h6-8H,2-5,9H2,1H3,(H2,21,25)(H2,22,23,24,27). The molecule has 0 bridgehead atoms. The van der Waals surface area contributed by atoms with Crippen LogP contribution in [0.2, 0.25) is 0 Å². The molecular weight excluding hydrogens is 462 g/mol. The fourth-order valence-electron chi connectivity index (χ4n) is 3.07. The first-order chi connectivity index (χ1) is 13.3. The first kappa shape index (κ1) is 20.8. The molecule has 2 amide bonds. The second kappa shape index (κ2) is 9.02. The van der Waals surface area contributed by atoms with E-state index in [2.05, 4.69) is 26.6 Å². The molecule has 4 N–H and O–H groups in total. The number of carbonyl (C=O) groups is 2. The predicted molar refractivity (Wildman–Crippen MR) is 118 cm³/mol. The zero-order chi connectivity index (χ0) is 20.3. The summed E-state index contributed by atoms with van der Waals surface area (Å²) < 4.78 is 6.46. The lowest BCUT2D eigenvalue weighted by molar-refractivity contribution is -0.121. The molecule has 0 radical (unpaired) electrons. The molecule has 148 valence electrons. The van der Waals surface area contributed by atoms with Crippen LogP contribution >= 0.6 is 39.5 Å². The number of primary amides is 1. The minimum Gasteiger partial charge on any atom is -0.484 e. The average Bonchev–Trinajstić information content (AvgIpc) is 3.00. The van der Waals surface area contributed by atoms with E-state index >= 15 is 0 Å². The van der Waals surface area contributed by atoms with Crippen LogP contribution in [0.4, 0.5) is 5.00 Å². The first-order valence-electron chi connectivity index (χ1n) is 8.79. The number of nitrogens with one attached hydrogen (secondary N) is 2. The predicted octanol–water partition coefficient (Wildman–Crippen LogP) is 3.69. The van der Waals surface area contributed by atoms with E-state index in [0.29, 0.717) is 16.3 Å². The second-order valence-corrected chi connectivity index (χ2v) is 8.85. The summed E-state index contributed by atoms with van der Waals surface area (Å²) in [6.07, 6.45) is 3.91. The van der Waals surface area contributed by atoms with Crippen LogP contribution in [-0.4, -0.2) is 23.5 Å². The van der Waals surface area contributed by atoms with E-state index in [1.54, 1.807) is 6.07 Å². The van der Waals surface area contributed by atoms with Crippen molar-refractivity contribution in [3.63, 3.8) is 0 Å². The van der Waals surface area contributed by atoms with Crippen molar-refractivity contribution in [3.05, 3.63) is 44.2 Å². The van der Waals surface area contributed by atoms with Gasteiger partial charge in [-0.05, 0) is 74.2 Å². The topological polar surface area (TPSA) is 93.4 Å². The molecule has 1 aliphatic carbocycles. The van der Waals surface area contributed by atoms with Gasteiger partial charge >= 0.3 is 0 Å². The molecule has 0 unspecified atom stereocenters. The summed E-state index contributed by atoms with van der Waals surface area (Å²) in [7, 11) is 0. The largest absolute Gasteiger partial charge is 0.484 e. The molecule has 0 saturated carbocycles. The zero-order valence-corrected chi connectivity index (χ0v) is 18.5. The highest BCUT2D eigenvalue weighted by Gasteiger charge is 2.24. The summed E-state index contributed by atoms with van der Waals surface area (Å²) in [5.41, 5.74) is 8.07. The number of fused-ring (bicyclic) bond motifs is 1. The number of aryl methyl sites for hydroxylation is 2. The third-order valence-electron chi connectivity index (χ3n) is 4.40. The summed E-state index contributed by atoms with van der Waals surface area (Å²) in [5, 5.41) is 6.23. The third-order valence-corrected chi connectivity index (χ3v) is 6.70. The van der Waals surface area contributed by atoms with Crippen molar-refractivity contribution in [1.29, 1.82) is 0 Å². The van der Waals surface area contributed by atoms with Gasteiger partial charge in [0.15, 0.2) is 11.7 Å². The highest BCUT2D eigenvalue weighted by Crippen LogP contribution is 2.37. The van der Waals surface area contributed by atoms with Gasteiger partial charge in [-0.25, -0.2) is 0 Å². The van der Waals surface area contributed by atoms with Crippen molar-refractivity contribution in [2.75, 3.05) is 11.9 Å². The molecular formula is C19H20BrN3O3S2. The Kier molecular flexibility index (Phi) is 6.69. The molecule has 1 aliphatic rings. The Bertz CT molecular complexity index is 943. The Morgan fingerprint density at radius 1 is 1.32 bits per heavy atom. The van der Waals surface area contributed by atoms with Crippen LogP contribution in [0, 0.1) is 6.92 Å². The van der Waals surface area contributed by atoms with Gasteiger partial charge in [-0.3, -0.25) is 14.9 Å². The molecule has 3 rings (SSSR count). The highest BCUT2D eigenvalue weighted by atomic mass is 79.9. The van der Waals surface area contributed by atoms with Crippen LogP contribution in [0.5, 0.6) is 5.75 Å². The number of nitrogens with two attached hydrogens (primary N) is 1. The molecule has 1 aromatic heterocycles. The van der Waals surface area contributed by atoms with E-state index < -0.39 is 5.91 Å². The number of thiophene rings is 1. The average molecular weight is 482 g/mol. The Morgan fingerprint density at radius 2 is 2.07 bits per heavy atom. The minimum absolute atomic E-state index is 0.113. The number of carbonyl (C=O) groups excluding carboxylic acids is 2. The van der Waals surface area contributed by atoms with Crippen molar-refractivity contribution in [2.45, 2.75) is 32.6 Å². The molecule has 0 spiro atoms. The summed E-state index contributed by atoms with van der Waals surface area (Å²) in [5.74, 6) is -0.276. The van der Waals surface area contributed by atoms with E-state index in [1.807, 2.05) is 19.1 Å². The van der Waals surface area contributed by atoms with Gasteiger partial charge < -0.3 is 15.8 Å². The van der Waals surface area contributed by atoms with Crippen molar-refractivity contribution in [1.82, 2.24) is 5.32 Å². The number of amides is 2. The number of ether oxygens (including phenoxy) is 1. The number of halogens is 1. The van der Waals surface area contributed by atoms with Gasteiger partial charge in [0.05, 0.1) is 5.56 Å². The summed E-state index contributed by atoms with van der Waals surface area (Å²) in [6.45, 7) is 1.76. The minimum atomic E-state index is -0.482. The van der Waals surface area contributed by atoms with Crippen LogP contribution in [-0.2, 0) is 17.6 Å². The Hall–Kier alpha value is -1.97. The number of benzene rings is 1. The van der Waals surface area contributed by atoms with E-state index in [1.165, 1.54) is 11.3 Å². The first-order valence-corrected chi connectivity index (χ1v) is 10.8. The molecule has 28 heavy (non-hydrogen) atoms. The molecule has 9 heteroatoms. The monoisotopic (exact) mass is 481 g/mol. The second-order valence-electron chi connectivity index (χ2n) is 6.48. The van der Waals surface area contributed by atoms with Gasteiger partial charge in [0.25, 0.3) is 11.8 Å². The van der Waals surface area contributed by atoms with Crippen LogP contribution in [0.25, 0.3) is 0 Å². The molecule has 0 atom stereocenters. The Balaban J connectivity index is 1.59.